The van der Waals surface area contributed by atoms with Gasteiger partial charge in [-0.25, -0.2) is 0 Å². The van der Waals surface area contributed by atoms with E-state index >= 15 is 0 Å². The summed E-state index contributed by atoms with van der Waals surface area (Å²) in [6, 6.07) is 1.80. The van der Waals surface area contributed by atoms with Crippen molar-refractivity contribution in [2.24, 2.45) is 11.3 Å². The first-order valence-electron chi connectivity index (χ1n) is 8.09. The summed E-state index contributed by atoms with van der Waals surface area (Å²) in [6.45, 7) is 13.1. The highest BCUT2D eigenvalue weighted by atomic mass is 35.5. The normalized spacial score (nSPS) is 18.5. The van der Waals surface area contributed by atoms with Gasteiger partial charge in [0.25, 0.3) is 0 Å². The number of hydrogen-bond acceptors (Lipinski definition) is 4. The highest BCUT2D eigenvalue weighted by molar-refractivity contribution is 6.48. The Morgan fingerprint density at radius 3 is 2.35 bits per heavy atom. The van der Waals surface area contributed by atoms with Gasteiger partial charge in [-0.1, -0.05) is 44.0 Å². The standard InChI is InChI=1S/C16H26Cl2N3OSi/c1-16(2,3)14(22-23(4)5)11-6-8-21(9-7-11)12-10-13(17)19-20-15(12)18/h10-11,14H,6-9H2,1-5H3. The minimum absolute atomic E-state index is 0.161. The molecule has 0 N–H and O–H groups in total. The van der Waals surface area contributed by atoms with Gasteiger partial charge in [0, 0.05) is 19.2 Å². The molecule has 1 saturated heterocycles. The molecule has 2 heterocycles. The topological polar surface area (TPSA) is 38.2 Å². The molecule has 0 saturated carbocycles. The largest absolute Gasteiger partial charge is 0.413 e. The van der Waals surface area contributed by atoms with E-state index in [0.29, 0.717) is 22.3 Å². The number of anilines is 1. The lowest BCUT2D eigenvalue weighted by molar-refractivity contribution is 0.0230. The van der Waals surface area contributed by atoms with Crippen LogP contribution in [0.5, 0.6) is 0 Å². The third-order valence-corrected chi connectivity index (χ3v) is 5.40. The second-order valence-corrected chi connectivity index (χ2v) is 10.3. The molecule has 0 amide bonds. The lowest BCUT2D eigenvalue weighted by atomic mass is 9.77. The van der Waals surface area contributed by atoms with E-state index in [2.05, 4.69) is 49.0 Å². The van der Waals surface area contributed by atoms with E-state index in [1.165, 1.54) is 0 Å². The molecule has 1 aliphatic heterocycles. The van der Waals surface area contributed by atoms with Gasteiger partial charge in [0.15, 0.2) is 10.3 Å². The maximum absolute atomic E-state index is 6.35. The summed E-state index contributed by atoms with van der Waals surface area (Å²) >= 11 is 12.1. The highest BCUT2D eigenvalue weighted by Crippen LogP contribution is 2.36. The summed E-state index contributed by atoms with van der Waals surface area (Å²) < 4.78 is 6.35. The summed E-state index contributed by atoms with van der Waals surface area (Å²) in [5, 5.41) is 8.49. The zero-order valence-corrected chi connectivity index (χ0v) is 17.1. The Hall–Kier alpha value is -0.363. The molecule has 0 bridgehead atoms. The molecule has 2 rings (SSSR count). The second kappa shape index (κ2) is 7.68. The van der Waals surface area contributed by atoms with Crippen LogP contribution in [-0.2, 0) is 4.43 Å². The monoisotopic (exact) mass is 374 g/mol. The third kappa shape index (κ3) is 5.05. The van der Waals surface area contributed by atoms with Crippen molar-refractivity contribution in [3.05, 3.63) is 16.4 Å². The zero-order valence-electron chi connectivity index (χ0n) is 14.6. The maximum atomic E-state index is 6.35. The van der Waals surface area contributed by atoms with E-state index in [1.54, 1.807) is 6.07 Å². The van der Waals surface area contributed by atoms with Crippen molar-refractivity contribution in [1.29, 1.82) is 0 Å². The van der Waals surface area contributed by atoms with Gasteiger partial charge in [0.1, 0.15) is 0 Å². The van der Waals surface area contributed by atoms with Crippen molar-refractivity contribution < 1.29 is 4.43 Å². The summed E-state index contributed by atoms with van der Waals surface area (Å²) in [7, 11) is -0.712. The van der Waals surface area contributed by atoms with Crippen molar-refractivity contribution in [2.75, 3.05) is 18.0 Å². The minimum atomic E-state index is -0.712. The summed E-state index contributed by atoms with van der Waals surface area (Å²) in [4.78, 5) is 2.25. The van der Waals surface area contributed by atoms with Crippen molar-refractivity contribution in [1.82, 2.24) is 10.2 Å². The fourth-order valence-electron chi connectivity index (χ4n) is 3.24. The van der Waals surface area contributed by atoms with E-state index < -0.39 is 9.04 Å². The van der Waals surface area contributed by atoms with Gasteiger partial charge < -0.3 is 9.33 Å². The molecule has 0 spiro atoms. The molecule has 23 heavy (non-hydrogen) atoms. The van der Waals surface area contributed by atoms with Gasteiger partial charge >= 0.3 is 0 Å². The molecule has 1 radical (unpaired) electrons. The molecule has 0 aliphatic carbocycles. The molecule has 0 aromatic carbocycles. The molecular formula is C16H26Cl2N3OSi. The third-order valence-electron chi connectivity index (χ3n) is 4.23. The number of nitrogens with zero attached hydrogens (tertiary/aromatic N) is 3. The molecule has 1 atom stereocenters. The molecule has 129 valence electrons. The predicted molar refractivity (Wildman–Crippen MR) is 98.8 cm³/mol. The van der Waals surface area contributed by atoms with Crippen molar-refractivity contribution in [3.63, 3.8) is 0 Å². The number of aromatic nitrogens is 2. The first-order chi connectivity index (χ1) is 10.7. The zero-order chi connectivity index (χ0) is 17.2. The van der Waals surface area contributed by atoms with E-state index in [-0.39, 0.29) is 5.41 Å². The van der Waals surface area contributed by atoms with E-state index in [4.69, 9.17) is 27.6 Å². The van der Waals surface area contributed by atoms with Crippen LogP contribution >= 0.6 is 23.2 Å². The molecular weight excluding hydrogens is 349 g/mol. The highest BCUT2D eigenvalue weighted by Gasteiger charge is 2.36. The van der Waals surface area contributed by atoms with Crippen LogP contribution in [0.1, 0.15) is 33.6 Å². The summed E-state index contributed by atoms with van der Waals surface area (Å²) in [6.07, 6.45) is 2.49. The first-order valence-corrected chi connectivity index (χ1v) is 11.3. The minimum Gasteiger partial charge on any atom is -0.413 e. The molecule has 7 heteroatoms. The van der Waals surface area contributed by atoms with Gasteiger partial charge in [-0.15, -0.1) is 10.2 Å². The number of hydrogen-bond donors (Lipinski definition) is 0. The van der Waals surface area contributed by atoms with Crippen LogP contribution in [0.3, 0.4) is 0 Å². The Kier molecular flexibility index (Phi) is 6.33. The first kappa shape index (κ1) is 19.0. The van der Waals surface area contributed by atoms with Crippen LogP contribution in [0.2, 0.25) is 23.4 Å². The number of rotatable bonds is 4. The average Bonchev–Trinajstić information content (AvgIpc) is 2.46. The average molecular weight is 375 g/mol. The Balaban J connectivity index is 2.06. The Bertz CT molecular complexity index is 529. The van der Waals surface area contributed by atoms with Gasteiger partial charge in [-0.05, 0) is 37.3 Å². The lowest BCUT2D eigenvalue weighted by Crippen LogP contribution is -2.45. The number of halogens is 2. The van der Waals surface area contributed by atoms with E-state index in [9.17, 15) is 0 Å². The predicted octanol–water partition coefficient (Wildman–Crippen LogP) is 4.68. The second-order valence-electron chi connectivity index (χ2n) is 7.48. The molecule has 1 aromatic rings. The Morgan fingerprint density at radius 1 is 1.22 bits per heavy atom. The SMILES string of the molecule is C[Si](C)OC(C1CCN(c2cc(Cl)nnc2Cl)CC1)C(C)(C)C. The quantitative estimate of drug-likeness (QED) is 0.716. The van der Waals surface area contributed by atoms with Gasteiger partial charge in [0.2, 0.25) is 9.04 Å². The van der Waals surface area contributed by atoms with Crippen molar-refractivity contribution >= 4 is 37.9 Å². The smallest absolute Gasteiger partial charge is 0.205 e. The van der Waals surface area contributed by atoms with Gasteiger partial charge in [0.05, 0.1) is 11.8 Å². The number of piperidine rings is 1. The molecule has 1 aliphatic rings. The molecule has 1 unspecified atom stereocenters. The molecule has 1 fully saturated rings. The summed E-state index contributed by atoms with van der Waals surface area (Å²) in [5.74, 6) is 0.579. The molecule has 1 aromatic heterocycles. The van der Waals surface area contributed by atoms with Crippen molar-refractivity contribution in [3.8, 4) is 0 Å². The van der Waals surface area contributed by atoms with Crippen LogP contribution < -0.4 is 4.90 Å². The molecule has 4 nitrogen and oxygen atoms in total. The van der Waals surface area contributed by atoms with Gasteiger partial charge in [-0.2, -0.15) is 0 Å². The fraction of sp³-hybridized carbons (Fsp3) is 0.750. The van der Waals surface area contributed by atoms with Crippen LogP contribution in [0.4, 0.5) is 5.69 Å². The van der Waals surface area contributed by atoms with E-state index in [0.717, 1.165) is 31.6 Å². The van der Waals surface area contributed by atoms with Crippen LogP contribution in [-0.4, -0.2) is 38.4 Å². The van der Waals surface area contributed by atoms with Crippen LogP contribution in [0.15, 0.2) is 6.07 Å². The van der Waals surface area contributed by atoms with E-state index in [1.807, 2.05) is 0 Å². The van der Waals surface area contributed by atoms with Gasteiger partial charge in [-0.3, -0.25) is 0 Å². The van der Waals surface area contributed by atoms with Crippen LogP contribution in [0, 0.1) is 11.3 Å². The lowest BCUT2D eigenvalue weighted by Gasteiger charge is -2.43. The summed E-state index contributed by atoms with van der Waals surface area (Å²) in [5.41, 5.74) is 1.04. The fourth-order valence-corrected chi connectivity index (χ4v) is 4.65. The Morgan fingerprint density at radius 2 is 1.83 bits per heavy atom. The maximum Gasteiger partial charge on any atom is 0.205 e. The van der Waals surface area contributed by atoms with Crippen molar-refractivity contribution in [2.45, 2.75) is 52.8 Å². The van der Waals surface area contributed by atoms with Crippen LogP contribution in [0.25, 0.3) is 0 Å². The Labute approximate surface area is 151 Å².